The lowest BCUT2D eigenvalue weighted by atomic mass is 9.94. The molecule has 23 N–H and O–H groups in total. The minimum Gasteiger partial charge on any atom is -0.508 e. The standard InChI is InChI=1S/C54H94N16O13S/c1-8-30(5)42(70-51(81)43(31(6)9-2)69-44(74)34(56)14-12-23-61-53(57)58)50(80)68-39(27-32-17-19-33(71)20-18-32)48(78)67-40(28-41(72)73)49(79)64-36(16-13-24-62-54(59)60)45(75)63-35(15-10-11-22-55)46(76)66-38(26-29(3)4)47(77)65-37(52(82)83)21-25-84-7/h17-20,29-31,34-40,42-43,71H,8-16,21-28,55-56H2,1-7H3,(H,63,75)(H,64,79)(H,65,77)(H,66,76)(H,67,78)(H,68,80)(H,69,74)(H,70,81)(H,72,73)(H,82,83)(H4,57,58,61)(H4,59,60,62)/t30-,31-,34-,35-,36-,37-,38-,39-,40-,42-,43-/m0/s1. The van der Waals surface area contributed by atoms with Crippen LogP contribution >= 0.6 is 11.8 Å². The number of guanidine groups is 2. The number of nitrogens with two attached hydrogens (primary N) is 6. The van der Waals surface area contributed by atoms with E-state index in [4.69, 9.17) is 34.4 Å². The third-order valence-electron chi connectivity index (χ3n) is 13.6. The number of carboxylic acids is 2. The van der Waals surface area contributed by atoms with E-state index in [1.165, 1.54) is 36.0 Å². The number of phenols is 1. The summed E-state index contributed by atoms with van der Waals surface area (Å²) in [5.41, 5.74) is 34.1. The van der Waals surface area contributed by atoms with Crippen molar-refractivity contribution in [2.24, 2.45) is 62.1 Å². The van der Waals surface area contributed by atoms with Crippen LogP contribution in [0.4, 0.5) is 0 Å². The van der Waals surface area contributed by atoms with Crippen molar-refractivity contribution in [1.29, 1.82) is 0 Å². The topological polar surface area (TPSA) is 508 Å². The van der Waals surface area contributed by atoms with Gasteiger partial charge in [0, 0.05) is 19.5 Å². The Hall–Kier alpha value is -7.47. The zero-order valence-electron chi connectivity index (χ0n) is 49.4. The molecule has 0 radical (unpaired) electrons. The summed E-state index contributed by atoms with van der Waals surface area (Å²) in [4.78, 5) is 145. The van der Waals surface area contributed by atoms with Gasteiger partial charge in [0.05, 0.1) is 12.5 Å². The van der Waals surface area contributed by atoms with Crippen molar-refractivity contribution in [3.63, 3.8) is 0 Å². The zero-order chi connectivity index (χ0) is 63.6. The minimum atomic E-state index is -1.92. The molecule has 0 aromatic heterocycles. The van der Waals surface area contributed by atoms with Crippen molar-refractivity contribution in [3.8, 4) is 5.75 Å². The van der Waals surface area contributed by atoms with E-state index in [0.29, 0.717) is 43.4 Å². The van der Waals surface area contributed by atoms with Gasteiger partial charge >= 0.3 is 11.9 Å². The highest BCUT2D eigenvalue weighted by molar-refractivity contribution is 7.98. The third kappa shape index (κ3) is 29.2. The van der Waals surface area contributed by atoms with Crippen LogP contribution < -0.4 is 76.9 Å². The summed E-state index contributed by atoms with van der Waals surface area (Å²) in [5, 5.41) is 50.7. The monoisotopic (exact) mass is 1210 g/mol. The van der Waals surface area contributed by atoms with Gasteiger partial charge in [-0.15, -0.1) is 0 Å². The van der Waals surface area contributed by atoms with Gasteiger partial charge in [0.2, 0.25) is 47.3 Å². The maximum absolute atomic E-state index is 14.5. The summed E-state index contributed by atoms with van der Waals surface area (Å²) in [6.45, 7) is 10.9. The Morgan fingerprint density at radius 3 is 1.44 bits per heavy atom. The number of nitrogens with one attached hydrogen (secondary N) is 8. The fourth-order valence-electron chi connectivity index (χ4n) is 8.37. The van der Waals surface area contributed by atoms with E-state index < -0.39 is 132 Å². The molecule has 0 aliphatic carbocycles. The molecule has 0 fully saturated rings. The number of carboxylic acid groups (broad SMARTS) is 2. The predicted octanol–water partition coefficient (Wildman–Crippen LogP) is -2.17. The molecule has 11 atom stereocenters. The number of aliphatic carboxylic acids is 2. The Bertz CT molecular complexity index is 2360. The molecular weight excluding hydrogens is 1110 g/mol. The number of thioether (sulfide) groups is 1. The summed E-state index contributed by atoms with van der Waals surface area (Å²) < 4.78 is 0. The molecule has 84 heavy (non-hydrogen) atoms. The van der Waals surface area contributed by atoms with Crippen molar-refractivity contribution in [3.05, 3.63) is 29.8 Å². The third-order valence-corrected chi connectivity index (χ3v) is 14.3. The largest absolute Gasteiger partial charge is 0.508 e. The van der Waals surface area contributed by atoms with Gasteiger partial charge < -0.3 is 92.3 Å². The SMILES string of the molecule is CC[C@H](C)[C@H](NC(=O)[C@@H](NC(=O)[C@@H](N)CCCN=C(N)N)[C@@H](C)CC)C(=O)N[C@@H](Cc1ccc(O)cc1)C(=O)N[C@@H](CC(=O)O)C(=O)N[C@@H](CCCN=C(N)N)C(=O)N[C@@H](CCCCN)C(=O)N[C@@H](CC(C)C)C(=O)N[C@@H](CCSC)C(=O)O. The fraction of sp³-hybridized carbons (Fsp3) is 0.667. The number of unbranched alkanes of at least 4 members (excludes halogenated alkanes) is 1. The molecule has 0 heterocycles. The molecule has 1 rings (SSSR count). The number of benzene rings is 1. The van der Waals surface area contributed by atoms with Crippen molar-refractivity contribution < 1.29 is 63.3 Å². The molecule has 0 aliphatic rings. The second-order valence-electron chi connectivity index (χ2n) is 21.1. The van der Waals surface area contributed by atoms with Gasteiger partial charge in [-0.25, -0.2) is 4.79 Å². The molecule has 0 bridgehead atoms. The summed E-state index contributed by atoms with van der Waals surface area (Å²) >= 11 is 1.39. The van der Waals surface area contributed by atoms with Crippen LogP contribution in [0.3, 0.4) is 0 Å². The van der Waals surface area contributed by atoms with Crippen LogP contribution in [-0.4, -0.2) is 172 Å². The molecule has 29 nitrogen and oxygen atoms in total. The number of phenolic OH excluding ortho intramolecular Hbond substituents is 1. The van der Waals surface area contributed by atoms with Crippen LogP contribution in [0.1, 0.15) is 124 Å². The number of carbonyl (C=O) groups excluding carboxylic acids is 8. The molecule has 0 aliphatic heterocycles. The van der Waals surface area contributed by atoms with Gasteiger partial charge in [-0.05, 0) is 112 Å². The van der Waals surface area contributed by atoms with E-state index >= 15 is 0 Å². The normalized spacial score (nSPS) is 15.0. The molecular formula is C54H94N16O13S. The number of hydrogen-bond donors (Lipinski definition) is 17. The first-order valence-corrected chi connectivity index (χ1v) is 29.7. The van der Waals surface area contributed by atoms with Crippen molar-refractivity contribution in [1.82, 2.24) is 42.5 Å². The first-order valence-electron chi connectivity index (χ1n) is 28.3. The van der Waals surface area contributed by atoms with Gasteiger partial charge in [0.15, 0.2) is 11.9 Å². The Labute approximate surface area is 495 Å². The van der Waals surface area contributed by atoms with Gasteiger partial charge in [0.1, 0.15) is 54.1 Å². The van der Waals surface area contributed by atoms with E-state index in [0.717, 1.165) is 0 Å². The molecule has 0 unspecified atom stereocenters. The Kier molecular flexibility index (Phi) is 35.4. The molecule has 30 heteroatoms. The van der Waals surface area contributed by atoms with E-state index in [-0.39, 0.29) is 88.2 Å². The zero-order valence-corrected chi connectivity index (χ0v) is 50.3. The van der Waals surface area contributed by atoms with Crippen LogP contribution in [0.5, 0.6) is 5.75 Å². The van der Waals surface area contributed by atoms with Crippen molar-refractivity contribution in [2.75, 3.05) is 31.6 Å². The lowest BCUT2D eigenvalue weighted by Crippen LogP contribution is -2.62. The predicted molar refractivity (Wildman–Crippen MR) is 319 cm³/mol. The quantitative estimate of drug-likeness (QED) is 0.0188. The number of aromatic hydroxyl groups is 1. The van der Waals surface area contributed by atoms with Crippen LogP contribution in [0.2, 0.25) is 0 Å². The number of hydrogen-bond acceptors (Lipinski definition) is 16. The van der Waals surface area contributed by atoms with E-state index in [9.17, 15) is 63.3 Å². The first kappa shape index (κ1) is 74.5. The van der Waals surface area contributed by atoms with Crippen LogP contribution in [-0.2, 0) is 54.4 Å². The molecule has 0 saturated carbocycles. The van der Waals surface area contributed by atoms with E-state index in [1.54, 1.807) is 47.8 Å². The number of rotatable bonds is 42. The smallest absolute Gasteiger partial charge is 0.326 e. The van der Waals surface area contributed by atoms with E-state index in [1.807, 2.05) is 0 Å². The minimum absolute atomic E-state index is 0.00823. The molecule has 474 valence electrons. The molecule has 0 saturated heterocycles. The van der Waals surface area contributed by atoms with Gasteiger partial charge in [-0.2, -0.15) is 11.8 Å². The summed E-state index contributed by atoms with van der Waals surface area (Å²) in [5.74, 6) is -11.1. The maximum Gasteiger partial charge on any atom is 0.326 e. The van der Waals surface area contributed by atoms with E-state index in [2.05, 4.69) is 52.5 Å². The fourth-order valence-corrected chi connectivity index (χ4v) is 8.84. The second-order valence-corrected chi connectivity index (χ2v) is 22.1. The summed E-state index contributed by atoms with van der Waals surface area (Å²) in [7, 11) is 0. The Morgan fingerprint density at radius 2 is 0.964 bits per heavy atom. The highest BCUT2D eigenvalue weighted by atomic mass is 32.2. The summed E-state index contributed by atoms with van der Waals surface area (Å²) in [6.07, 6.45) is 2.50. The Morgan fingerprint density at radius 1 is 0.536 bits per heavy atom. The number of aliphatic imine (C=N–C) groups is 2. The van der Waals surface area contributed by atoms with Gasteiger partial charge in [-0.1, -0.05) is 66.5 Å². The molecule has 8 amide bonds. The maximum atomic E-state index is 14.5. The average Bonchev–Trinajstić information content (AvgIpc) is 3.62. The van der Waals surface area contributed by atoms with Crippen molar-refractivity contribution in [2.45, 2.75) is 179 Å². The lowest BCUT2D eigenvalue weighted by molar-refractivity contribution is -0.142. The van der Waals surface area contributed by atoms with Crippen molar-refractivity contribution >= 4 is 82.9 Å². The summed E-state index contributed by atoms with van der Waals surface area (Å²) in [6, 6.07) is -6.85. The number of nitrogens with zero attached hydrogens (tertiary/aromatic N) is 2. The Balaban J connectivity index is 3.72. The number of amides is 8. The van der Waals surface area contributed by atoms with Crippen LogP contribution in [0.15, 0.2) is 34.3 Å². The van der Waals surface area contributed by atoms with Gasteiger partial charge in [-0.3, -0.25) is 53.1 Å². The lowest BCUT2D eigenvalue weighted by Gasteiger charge is -2.31. The number of carbonyl (C=O) groups is 10. The first-order chi connectivity index (χ1) is 39.6. The highest BCUT2D eigenvalue weighted by Gasteiger charge is 2.37. The second kappa shape index (κ2) is 39.9. The van der Waals surface area contributed by atoms with Crippen LogP contribution in [0, 0.1) is 17.8 Å². The molecule has 1 aromatic carbocycles. The average molecular weight is 1210 g/mol. The highest BCUT2D eigenvalue weighted by Crippen LogP contribution is 2.17. The molecule has 0 spiro atoms. The van der Waals surface area contributed by atoms with Crippen LogP contribution in [0.25, 0.3) is 0 Å². The van der Waals surface area contributed by atoms with Gasteiger partial charge in [0.25, 0.3) is 0 Å². The molecule has 1 aromatic rings.